The van der Waals surface area contributed by atoms with E-state index in [-0.39, 0.29) is 0 Å². The average Bonchev–Trinajstić information content (AvgIpc) is 2.70. The predicted octanol–water partition coefficient (Wildman–Crippen LogP) is 6.84. The van der Waals surface area contributed by atoms with Crippen LogP contribution in [0.5, 0.6) is 0 Å². The van der Waals surface area contributed by atoms with Gasteiger partial charge in [0.05, 0.1) is 0 Å². The largest absolute Gasteiger partial charge is 0.314 e. The Balaban J connectivity index is 0.000000181. The van der Waals surface area contributed by atoms with E-state index in [1.54, 1.807) is 0 Å². The maximum absolute atomic E-state index is 3.68. The molecule has 2 aromatic rings. The van der Waals surface area contributed by atoms with Gasteiger partial charge in [0, 0.05) is 6.04 Å². The summed E-state index contributed by atoms with van der Waals surface area (Å²) in [6.45, 7) is 3.53. The molecule has 25 heavy (non-hydrogen) atoms. The molecule has 0 radical (unpaired) electrons. The van der Waals surface area contributed by atoms with Gasteiger partial charge in [0.2, 0.25) is 0 Å². The van der Waals surface area contributed by atoms with Crippen molar-refractivity contribution in [3.8, 4) is 11.1 Å². The molecule has 1 saturated carbocycles. The van der Waals surface area contributed by atoms with E-state index in [2.05, 4.69) is 60.8 Å². The van der Waals surface area contributed by atoms with Crippen LogP contribution in [0.2, 0.25) is 0 Å². The van der Waals surface area contributed by atoms with Crippen molar-refractivity contribution in [3.63, 3.8) is 0 Å². The molecule has 1 N–H and O–H groups in total. The first kappa shape index (κ1) is 19.7. The van der Waals surface area contributed by atoms with E-state index in [4.69, 9.17) is 0 Å². The average molecular weight is 338 g/mol. The third kappa shape index (κ3) is 8.36. The molecular weight excluding hydrogens is 302 g/mol. The number of hydrogen-bond acceptors (Lipinski definition) is 1. The Morgan fingerprint density at radius 2 is 1.28 bits per heavy atom. The minimum Gasteiger partial charge on any atom is -0.314 e. The summed E-state index contributed by atoms with van der Waals surface area (Å²) in [6, 6.07) is 21.6. The zero-order valence-corrected chi connectivity index (χ0v) is 15.9. The molecule has 0 bridgehead atoms. The zero-order chi connectivity index (χ0) is 17.6. The molecule has 0 aliphatic heterocycles. The fraction of sp³-hybridized carbons (Fsp3) is 0.500. The van der Waals surface area contributed by atoms with Gasteiger partial charge in [-0.25, -0.2) is 0 Å². The van der Waals surface area contributed by atoms with Gasteiger partial charge in [-0.1, -0.05) is 106 Å². The topological polar surface area (TPSA) is 12.0 Å². The molecule has 0 atom stereocenters. The Morgan fingerprint density at radius 3 is 1.80 bits per heavy atom. The van der Waals surface area contributed by atoms with Gasteiger partial charge in [0.1, 0.15) is 0 Å². The minimum atomic E-state index is 0.857. The van der Waals surface area contributed by atoms with Gasteiger partial charge in [0.25, 0.3) is 0 Å². The normalized spacial score (nSPS) is 14.6. The smallest absolute Gasteiger partial charge is 0.00670 e. The van der Waals surface area contributed by atoms with Crippen molar-refractivity contribution in [2.45, 2.75) is 70.8 Å². The SMILES string of the molecule is CCCCCCNC1CCCCC1.c1ccc(-c2ccccc2)cc1. The maximum Gasteiger partial charge on any atom is 0.00670 e. The van der Waals surface area contributed by atoms with E-state index < -0.39 is 0 Å². The van der Waals surface area contributed by atoms with Crippen LogP contribution in [0.1, 0.15) is 64.7 Å². The Kier molecular flexibility index (Phi) is 10.0. The molecule has 2 aromatic carbocycles. The molecule has 1 aliphatic rings. The van der Waals surface area contributed by atoms with Crippen molar-refractivity contribution < 1.29 is 0 Å². The monoisotopic (exact) mass is 337 g/mol. The molecule has 0 spiro atoms. The number of benzene rings is 2. The molecular formula is C24H35N. The Hall–Kier alpha value is -1.60. The van der Waals surface area contributed by atoms with Crippen LogP contribution in [-0.2, 0) is 0 Å². The highest BCUT2D eigenvalue weighted by atomic mass is 14.9. The molecule has 1 fully saturated rings. The van der Waals surface area contributed by atoms with Crippen molar-refractivity contribution in [1.82, 2.24) is 5.32 Å². The zero-order valence-electron chi connectivity index (χ0n) is 15.9. The minimum absolute atomic E-state index is 0.857. The molecule has 1 nitrogen and oxygen atoms in total. The summed E-state index contributed by atoms with van der Waals surface area (Å²) in [7, 11) is 0. The van der Waals surface area contributed by atoms with Crippen molar-refractivity contribution in [2.24, 2.45) is 0 Å². The van der Waals surface area contributed by atoms with E-state index in [9.17, 15) is 0 Å². The highest BCUT2D eigenvalue weighted by Crippen LogP contribution is 2.18. The molecule has 0 saturated heterocycles. The number of unbranched alkanes of at least 4 members (excludes halogenated alkanes) is 3. The summed E-state index contributed by atoms with van der Waals surface area (Å²) < 4.78 is 0. The summed E-state index contributed by atoms with van der Waals surface area (Å²) in [5.74, 6) is 0. The van der Waals surface area contributed by atoms with E-state index in [1.807, 2.05) is 12.1 Å². The highest BCUT2D eigenvalue weighted by Gasteiger charge is 2.11. The molecule has 0 aromatic heterocycles. The number of nitrogens with one attached hydrogen (secondary N) is 1. The van der Waals surface area contributed by atoms with Crippen molar-refractivity contribution in [1.29, 1.82) is 0 Å². The van der Waals surface area contributed by atoms with Gasteiger partial charge in [-0.15, -0.1) is 0 Å². The van der Waals surface area contributed by atoms with Gasteiger partial charge >= 0.3 is 0 Å². The van der Waals surface area contributed by atoms with Crippen LogP contribution in [0.3, 0.4) is 0 Å². The van der Waals surface area contributed by atoms with Crippen molar-refractivity contribution in [2.75, 3.05) is 6.54 Å². The third-order valence-electron chi connectivity index (χ3n) is 4.95. The molecule has 1 heteroatoms. The van der Waals surface area contributed by atoms with Crippen LogP contribution < -0.4 is 5.32 Å². The van der Waals surface area contributed by atoms with Gasteiger partial charge in [-0.05, 0) is 36.9 Å². The predicted molar refractivity (Wildman–Crippen MR) is 111 cm³/mol. The molecule has 0 amide bonds. The second kappa shape index (κ2) is 12.7. The fourth-order valence-corrected chi connectivity index (χ4v) is 3.43. The van der Waals surface area contributed by atoms with Crippen molar-refractivity contribution >= 4 is 0 Å². The van der Waals surface area contributed by atoms with Gasteiger partial charge in [0.15, 0.2) is 0 Å². The van der Waals surface area contributed by atoms with Crippen LogP contribution in [-0.4, -0.2) is 12.6 Å². The molecule has 0 heterocycles. The fourth-order valence-electron chi connectivity index (χ4n) is 3.43. The van der Waals surface area contributed by atoms with Crippen LogP contribution >= 0.6 is 0 Å². The van der Waals surface area contributed by atoms with Crippen LogP contribution in [0, 0.1) is 0 Å². The van der Waals surface area contributed by atoms with Crippen LogP contribution in [0.15, 0.2) is 60.7 Å². The van der Waals surface area contributed by atoms with Crippen LogP contribution in [0.25, 0.3) is 11.1 Å². The Bertz CT molecular complexity index is 491. The van der Waals surface area contributed by atoms with Crippen LogP contribution in [0.4, 0.5) is 0 Å². The number of hydrogen-bond donors (Lipinski definition) is 1. The lowest BCUT2D eigenvalue weighted by Gasteiger charge is -2.22. The van der Waals surface area contributed by atoms with Gasteiger partial charge in [-0.2, -0.15) is 0 Å². The summed E-state index contributed by atoms with van der Waals surface area (Å²) in [4.78, 5) is 0. The Labute approximate surface area is 154 Å². The van der Waals surface area contributed by atoms with E-state index in [0.29, 0.717) is 0 Å². The van der Waals surface area contributed by atoms with E-state index in [1.165, 1.54) is 75.5 Å². The van der Waals surface area contributed by atoms with Gasteiger partial charge < -0.3 is 5.32 Å². The van der Waals surface area contributed by atoms with E-state index in [0.717, 1.165) is 6.04 Å². The first-order valence-electron chi connectivity index (χ1n) is 10.2. The summed E-state index contributed by atoms with van der Waals surface area (Å²) in [6.07, 6.45) is 12.8. The first-order valence-corrected chi connectivity index (χ1v) is 10.2. The molecule has 3 rings (SSSR count). The number of rotatable bonds is 7. The Morgan fingerprint density at radius 1 is 0.720 bits per heavy atom. The van der Waals surface area contributed by atoms with E-state index >= 15 is 0 Å². The maximum atomic E-state index is 3.68. The lowest BCUT2D eigenvalue weighted by Crippen LogP contribution is -2.31. The standard InChI is InChI=1S/C12H25N.C12H10/c1-2-3-4-8-11-13-12-9-6-5-7-10-12;1-3-7-11(8-4-1)12-9-5-2-6-10-12/h12-13H,2-11H2,1H3;1-10H. The van der Waals surface area contributed by atoms with Crippen molar-refractivity contribution in [3.05, 3.63) is 60.7 Å². The lowest BCUT2D eigenvalue weighted by atomic mass is 9.95. The molecule has 0 unspecified atom stereocenters. The third-order valence-corrected chi connectivity index (χ3v) is 4.95. The molecule has 136 valence electrons. The molecule has 1 aliphatic carbocycles. The highest BCUT2D eigenvalue weighted by molar-refractivity contribution is 5.62. The quantitative estimate of drug-likeness (QED) is 0.545. The second-order valence-electron chi connectivity index (χ2n) is 7.08. The summed E-state index contributed by atoms with van der Waals surface area (Å²) >= 11 is 0. The summed E-state index contributed by atoms with van der Waals surface area (Å²) in [5, 5.41) is 3.68. The lowest BCUT2D eigenvalue weighted by molar-refractivity contribution is 0.370. The first-order chi connectivity index (χ1) is 12.4. The second-order valence-corrected chi connectivity index (χ2v) is 7.08. The summed E-state index contributed by atoms with van der Waals surface area (Å²) in [5.41, 5.74) is 2.55. The van der Waals surface area contributed by atoms with Gasteiger partial charge in [-0.3, -0.25) is 0 Å².